The molecule has 0 bridgehead atoms. The summed E-state index contributed by atoms with van der Waals surface area (Å²) in [5.74, 6) is 0. The number of aryl methyl sites for hydroxylation is 2. The van der Waals surface area contributed by atoms with Crippen LogP contribution in [-0.2, 0) is 0 Å². The van der Waals surface area contributed by atoms with Gasteiger partial charge < -0.3 is 8.98 Å². The number of furan rings is 1. The van der Waals surface area contributed by atoms with Crippen molar-refractivity contribution in [3.05, 3.63) is 175 Å². The number of nitrogens with zero attached hydrogens (tertiary/aromatic N) is 2. The van der Waals surface area contributed by atoms with Crippen LogP contribution in [0.5, 0.6) is 0 Å². The first-order valence-corrected chi connectivity index (χ1v) is 21.5. The zero-order valence-corrected chi connectivity index (χ0v) is 32.0. The van der Waals surface area contributed by atoms with E-state index in [-0.39, 0.29) is 0 Å². The van der Waals surface area contributed by atoms with E-state index < -0.39 is 7.41 Å². The van der Waals surface area contributed by atoms with E-state index in [1.54, 1.807) is 0 Å². The third kappa shape index (κ3) is 4.33. The molecule has 3 nitrogen and oxygen atoms in total. The van der Waals surface area contributed by atoms with Crippen LogP contribution in [0.25, 0.3) is 80.8 Å². The number of rotatable bonds is 5. The van der Waals surface area contributed by atoms with Crippen molar-refractivity contribution in [1.29, 1.82) is 0 Å². The van der Waals surface area contributed by atoms with Gasteiger partial charge in [0.05, 0.1) is 35.0 Å². The fourth-order valence-electron chi connectivity index (χ4n) is 9.09. The maximum absolute atomic E-state index is 5.96. The largest absolute Gasteiger partial charge is 0.464 e. The van der Waals surface area contributed by atoms with Gasteiger partial charge in [-0.1, -0.05) is 103 Å². The molecule has 0 unspecified atom stereocenters. The first kappa shape index (κ1) is 31.6. The molecular formula is C49H36N2OPS+. The fraction of sp³-hybridized carbons (Fsp3) is 0.0612. The van der Waals surface area contributed by atoms with Crippen LogP contribution in [0, 0.1) is 13.8 Å². The second-order valence-corrected chi connectivity index (χ2v) is 18.9. The molecule has 0 radical (unpaired) electrons. The number of fused-ring (bicyclic) bond motifs is 9. The van der Waals surface area contributed by atoms with Crippen molar-refractivity contribution in [3.8, 4) is 16.1 Å². The van der Waals surface area contributed by atoms with Crippen molar-refractivity contribution in [2.45, 2.75) is 13.8 Å². The Kier molecular flexibility index (Phi) is 6.89. The normalized spacial score (nSPS) is 12.4. The second-order valence-electron chi connectivity index (χ2n) is 14.5. The van der Waals surface area contributed by atoms with Gasteiger partial charge in [0, 0.05) is 37.0 Å². The number of para-hydroxylation sites is 2. The minimum absolute atomic E-state index is 0.926. The Morgan fingerprint density at radius 1 is 0.537 bits per heavy atom. The van der Waals surface area contributed by atoms with E-state index in [4.69, 9.17) is 4.42 Å². The number of hydrogen-bond acceptors (Lipinski definition) is 2. The molecular weight excluding hydrogens is 696 g/mol. The highest BCUT2D eigenvalue weighted by Crippen LogP contribution is 2.59. The third-order valence-corrected chi connectivity index (χ3v) is 16.5. The molecule has 11 aromatic rings. The van der Waals surface area contributed by atoms with E-state index in [1.165, 1.54) is 91.4 Å². The topological polar surface area (TPSA) is 23.0 Å². The second kappa shape index (κ2) is 11.8. The summed E-state index contributed by atoms with van der Waals surface area (Å²) in [6.07, 6.45) is 1.87. The summed E-state index contributed by atoms with van der Waals surface area (Å²) in [6, 6.07) is 58.4. The molecule has 0 saturated carbocycles. The molecule has 0 amide bonds. The van der Waals surface area contributed by atoms with Gasteiger partial charge in [0.2, 0.25) is 0 Å². The summed E-state index contributed by atoms with van der Waals surface area (Å²) in [5, 5.41) is 11.5. The Hall–Kier alpha value is -5.93. The number of hydrogen-bond donors (Lipinski definition) is 0. The van der Waals surface area contributed by atoms with Gasteiger partial charge in [-0.3, -0.25) is 0 Å². The summed E-state index contributed by atoms with van der Waals surface area (Å²) in [6.45, 7) is 6.93. The smallest absolute Gasteiger partial charge is 0.172 e. The SMILES string of the molecule is Cc1coc2cccc(-c3ccc4c5ccccc5n(-c5cc6c(ccc7c8ccccc8n([P+](C)(c8ccccc8)c8ccccc8)c67)s5)c4c3C)c12. The molecule has 0 aliphatic rings. The molecule has 0 fully saturated rings. The molecule has 7 aromatic carbocycles. The predicted octanol–water partition coefficient (Wildman–Crippen LogP) is 13.2. The average Bonchev–Trinajstić information content (AvgIpc) is 3.99. The molecule has 258 valence electrons. The first-order valence-electron chi connectivity index (χ1n) is 18.5. The van der Waals surface area contributed by atoms with Crippen LogP contribution in [-0.4, -0.2) is 15.6 Å². The van der Waals surface area contributed by atoms with Crippen molar-refractivity contribution in [3.63, 3.8) is 0 Å². The molecule has 0 saturated heterocycles. The van der Waals surface area contributed by atoms with Gasteiger partial charge in [-0.25, -0.2) is 4.34 Å². The van der Waals surface area contributed by atoms with Gasteiger partial charge in [-0.05, 0) is 90.7 Å². The first-order chi connectivity index (χ1) is 26.5. The monoisotopic (exact) mass is 731 g/mol. The van der Waals surface area contributed by atoms with Gasteiger partial charge in [0.25, 0.3) is 0 Å². The van der Waals surface area contributed by atoms with E-state index in [1.807, 2.05) is 17.6 Å². The van der Waals surface area contributed by atoms with E-state index in [9.17, 15) is 0 Å². The third-order valence-electron chi connectivity index (χ3n) is 11.6. The summed E-state index contributed by atoms with van der Waals surface area (Å²) < 4.78 is 12.5. The highest BCUT2D eigenvalue weighted by atomic mass is 32.1. The van der Waals surface area contributed by atoms with Crippen LogP contribution in [0.3, 0.4) is 0 Å². The highest BCUT2D eigenvalue weighted by molar-refractivity contribution is 7.88. The van der Waals surface area contributed by atoms with Crippen LogP contribution in [0.2, 0.25) is 0 Å². The Balaban J connectivity index is 1.24. The van der Waals surface area contributed by atoms with E-state index in [0.29, 0.717) is 0 Å². The average molecular weight is 732 g/mol. The molecule has 4 aromatic heterocycles. The lowest BCUT2D eigenvalue weighted by molar-refractivity contribution is 0.613. The van der Waals surface area contributed by atoms with Crippen molar-refractivity contribution >= 4 is 94.0 Å². The number of benzene rings is 7. The lowest BCUT2D eigenvalue weighted by atomic mass is 9.94. The lowest BCUT2D eigenvalue weighted by Gasteiger charge is -2.26. The molecule has 54 heavy (non-hydrogen) atoms. The molecule has 0 atom stereocenters. The summed E-state index contributed by atoms with van der Waals surface area (Å²) in [7, 11) is -2.16. The zero-order chi connectivity index (χ0) is 36.1. The summed E-state index contributed by atoms with van der Waals surface area (Å²) in [4.78, 5) is 0. The minimum Gasteiger partial charge on any atom is -0.464 e. The predicted molar refractivity (Wildman–Crippen MR) is 234 cm³/mol. The van der Waals surface area contributed by atoms with Crippen LogP contribution in [0.1, 0.15) is 11.1 Å². The maximum Gasteiger partial charge on any atom is 0.172 e. The molecule has 0 aliphatic heterocycles. The van der Waals surface area contributed by atoms with Crippen molar-refractivity contribution in [2.75, 3.05) is 6.66 Å². The van der Waals surface area contributed by atoms with E-state index >= 15 is 0 Å². The summed E-state index contributed by atoms with van der Waals surface area (Å²) >= 11 is 1.88. The standard InChI is InChI=1S/C49H36N2OPS/c1-31-30-52-44-24-14-21-38(47(31)44)35-25-26-39-36-19-10-12-22-42(36)50(48(39)32(35)2)46-29-41-45(54-46)28-27-40-37-20-11-13-23-43(37)51(49(40)41)53(3,33-15-6-4-7-16-33)34-17-8-5-9-18-34/h4-30H,1-3H3/q+1. The summed E-state index contributed by atoms with van der Waals surface area (Å²) in [5.41, 5.74) is 10.8. The molecule has 5 heteroatoms. The Morgan fingerprint density at radius 3 is 1.91 bits per heavy atom. The molecule has 4 heterocycles. The molecule has 0 N–H and O–H groups in total. The lowest BCUT2D eigenvalue weighted by Crippen LogP contribution is -2.26. The molecule has 11 rings (SSSR count). The zero-order valence-electron chi connectivity index (χ0n) is 30.2. The van der Waals surface area contributed by atoms with Crippen molar-refractivity contribution in [2.24, 2.45) is 0 Å². The van der Waals surface area contributed by atoms with Crippen LogP contribution < -0.4 is 10.6 Å². The van der Waals surface area contributed by atoms with Gasteiger partial charge >= 0.3 is 0 Å². The molecule has 0 aliphatic carbocycles. The van der Waals surface area contributed by atoms with E-state index in [0.717, 1.165) is 11.1 Å². The number of thiophene rings is 1. The van der Waals surface area contributed by atoms with Crippen LogP contribution in [0.4, 0.5) is 0 Å². The van der Waals surface area contributed by atoms with Crippen molar-refractivity contribution < 1.29 is 4.42 Å². The van der Waals surface area contributed by atoms with Crippen LogP contribution in [0.15, 0.2) is 168 Å². The van der Waals surface area contributed by atoms with Crippen molar-refractivity contribution in [1.82, 2.24) is 8.90 Å². The van der Waals surface area contributed by atoms with Gasteiger partial charge in [0.15, 0.2) is 7.41 Å². The Morgan fingerprint density at radius 2 is 1.17 bits per heavy atom. The van der Waals surface area contributed by atoms with E-state index in [2.05, 4.69) is 187 Å². The van der Waals surface area contributed by atoms with Gasteiger partial charge in [0.1, 0.15) is 21.2 Å². The maximum atomic E-state index is 5.96. The van der Waals surface area contributed by atoms with Gasteiger partial charge in [-0.15, -0.1) is 11.3 Å². The highest BCUT2D eigenvalue weighted by Gasteiger charge is 2.43. The van der Waals surface area contributed by atoms with Gasteiger partial charge in [-0.2, -0.15) is 0 Å². The van der Waals surface area contributed by atoms with Crippen LogP contribution >= 0.6 is 18.7 Å². The minimum atomic E-state index is -2.16. The number of aromatic nitrogens is 2. The Labute approximate surface area is 317 Å². The Bertz CT molecular complexity index is 3220. The molecule has 0 spiro atoms. The quantitative estimate of drug-likeness (QED) is 0.162. The fourth-order valence-corrected chi connectivity index (χ4v) is 13.7.